The van der Waals surface area contributed by atoms with Crippen molar-refractivity contribution in [2.24, 2.45) is 0 Å². The van der Waals surface area contributed by atoms with E-state index >= 15 is 0 Å². The van der Waals surface area contributed by atoms with Gasteiger partial charge in [0, 0.05) is 6.54 Å². The zero-order chi connectivity index (χ0) is 17.1. The van der Waals surface area contributed by atoms with Gasteiger partial charge in [0.2, 0.25) is 0 Å². The fourth-order valence-electron chi connectivity index (χ4n) is 2.79. The van der Waals surface area contributed by atoms with Gasteiger partial charge >= 0.3 is 6.03 Å². The van der Waals surface area contributed by atoms with E-state index in [1.54, 1.807) is 36.3 Å². The molecule has 1 aliphatic heterocycles. The van der Waals surface area contributed by atoms with Crippen molar-refractivity contribution in [3.63, 3.8) is 0 Å². The third-order valence-electron chi connectivity index (χ3n) is 4.22. The molecule has 128 valence electrons. The lowest BCUT2D eigenvalue weighted by Crippen LogP contribution is -2.47. The van der Waals surface area contributed by atoms with Crippen LogP contribution in [0.2, 0.25) is 0 Å². The first kappa shape index (κ1) is 16.5. The number of hydrogen-bond donors (Lipinski definition) is 1. The summed E-state index contributed by atoms with van der Waals surface area (Å²) in [5.74, 6) is 0.471. The number of amides is 2. The smallest absolute Gasteiger partial charge is 0.318 e. The maximum Gasteiger partial charge on any atom is 0.318 e. The first-order valence-electron chi connectivity index (χ1n) is 8.01. The second-order valence-electron chi connectivity index (χ2n) is 6.00. The summed E-state index contributed by atoms with van der Waals surface area (Å²) >= 11 is 0. The van der Waals surface area contributed by atoms with E-state index in [1.807, 2.05) is 13.0 Å². The molecular formula is C18H21FN2O3. The van der Waals surface area contributed by atoms with Gasteiger partial charge in [-0.15, -0.1) is 0 Å². The van der Waals surface area contributed by atoms with Gasteiger partial charge in [0.05, 0.1) is 25.5 Å². The molecule has 1 fully saturated rings. The van der Waals surface area contributed by atoms with Gasteiger partial charge in [-0.25, -0.2) is 9.18 Å². The number of aryl methyl sites for hydroxylation is 1. The lowest BCUT2D eigenvalue weighted by Gasteiger charge is -2.34. The molecule has 5 nitrogen and oxygen atoms in total. The van der Waals surface area contributed by atoms with Crippen LogP contribution in [0.3, 0.4) is 0 Å². The lowest BCUT2D eigenvalue weighted by molar-refractivity contribution is -0.0158. The number of benzene rings is 1. The monoisotopic (exact) mass is 332 g/mol. The Labute approximate surface area is 140 Å². The predicted molar refractivity (Wildman–Crippen MR) is 87.1 cm³/mol. The standard InChI is InChI=1S/C18H21FN2O3/c1-12-10-14(5-6-15(12)19)17-11-21(7-9-24-17)18(22)20-13(2)16-4-3-8-23-16/h3-6,8,10,13,17H,7,9,11H2,1-2H3,(H,20,22)/t13-,17-/m1/s1. The zero-order valence-corrected chi connectivity index (χ0v) is 13.8. The quantitative estimate of drug-likeness (QED) is 0.935. The molecule has 0 saturated carbocycles. The molecule has 1 aromatic carbocycles. The Morgan fingerprint density at radius 2 is 2.25 bits per heavy atom. The van der Waals surface area contributed by atoms with Crippen molar-refractivity contribution < 1.29 is 18.3 Å². The lowest BCUT2D eigenvalue weighted by atomic mass is 10.0. The highest BCUT2D eigenvalue weighted by Gasteiger charge is 2.26. The van der Waals surface area contributed by atoms with Crippen molar-refractivity contribution in [1.82, 2.24) is 10.2 Å². The fraction of sp³-hybridized carbons (Fsp3) is 0.389. The molecule has 2 aromatic rings. The fourth-order valence-corrected chi connectivity index (χ4v) is 2.79. The number of carbonyl (C=O) groups is 1. The SMILES string of the molecule is Cc1cc([C@H]2CN(C(=O)N[C@H](C)c3ccco3)CCO2)ccc1F. The van der Waals surface area contributed by atoms with Crippen LogP contribution in [0, 0.1) is 12.7 Å². The number of morpholine rings is 1. The Balaban J connectivity index is 1.64. The van der Waals surface area contributed by atoms with Crippen molar-refractivity contribution >= 4 is 6.03 Å². The highest BCUT2D eigenvalue weighted by atomic mass is 19.1. The summed E-state index contributed by atoms with van der Waals surface area (Å²) in [6, 6.07) is 8.17. The van der Waals surface area contributed by atoms with Crippen LogP contribution in [-0.2, 0) is 4.74 Å². The molecule has 2 heterocycles. The van der Waals surface area contributed by atoms with Crippen molar-refractivity contribution in [3.8, 4) is 0 Å². The summed E-state index contributed by atoms with van der Waals surface area (Å²) in [6.45, 7) is 4.99. The number of nitrogens with zero attached hydrogens (tertiary/aromatic N) is 1. The van der Waals surface area contributed by atoms with Crippen molar-refractivity contribution in [2.75, 3.05) is 19.7 Å². The number of hydrogen-bond acceptors (Lipinski definition) is 3. The van der Waals surface area contributed by atoms with E-state index in [-0.39, 0.29) is 24.0 Å². The van der Waals surface area contributed by atoms with Gasteiger partial charge < -0.3 is 19.4 Å². The maximum atomic E-state index is 13.4. The summed E-state index contributed by atoms with van der Waals surface area (Å²) in [5, 5.41) is 2.92. The van der Waals surface area contributed by atoms with Crippen molar-refractivity contribution in [1.29, 1.82) is 0 Å². The van der Waals surface area contributed by atoms with Gasteiger partial charge in [-0.2, -0.15) is 0 Å². The van der Waals surface area contributed by atoms with E-state index < -0.39 is 0 Å². The maximum absolute atomic E-state index is 13.4. The average Bonchev–Trinajstić information content (AvgIpc) is 3.12. The van der Waals surface area contributed by atoms with Crippen LogP contribution in [0.1, 0.15) is 36.0 Å². The summed E-state index contributed by atoms with van der Waals surface area (Å²) in [6.07, 6.45) is 1.34. The molecule has 2 amide bonds. The Kier molecular flexibility index (Phi) is 4.85. The highest BCUT2D eigenvalue weighted by molar-refractivity contribution is 5.74. The third-order valence-corrected chi connectivity index (χ3v) is 4.22. The van der Waals surface area contributed by atoms with Gasteiger partial charge in [-0.1, -0.05) is 12.1 Å². The second kappa shape index (κ2) is 7.05. The van der Waals surface area contributed by atoms with Gasteiger partial charge in [-0.3, -0.25) is 0 Å². The molecule has 1 saturated heterocycles. The topological polar surface area (TPSA) is 54.7 Å². The van der Waals surface area contributed by atoms with E-state index in [1.165, 1.54) is 6.07 Å². The van der Waals surface area contributed by atoms with Crippen LogP contribution in [0.15, 0.2) is 41.0 Å². The zero-order valence-electron chi connectivity index (χ0n) is 13.8. The van der Waals surface area contributed by atoms with Crippen LogP contribution < -0.4 is 5.32 Å². The minimum absolute atomic E-state index is 0.161. The van der Waals surface area contributed by atoms with E-state index in [0.29, 0.717) is 31.0 Å². The van der Waals surface area contributed by atoms with E-state index in [0.717, 1.165) is 5.56 Å². The molecule has 0 aliphatic carbocycles. The Morgan fingerprint density at radius 1 is 1.42 bits per heavy atom. The summed E-state index contributed by atoms with van der Waals surface area (Å²) in [7, 11) is 0. The molecule has 0 spiro atoms. The molecule has 1 aromatic heterocycles. The van der Waals surface area contributed by atoms with Crippen LogP contribution >= 0.6 is 0 Å². The number of nitrogens with one attached hydrogen (secondary N) is 1. The first-order chi connectivity index (χ1) is 11.5. The molecule has 3 rings (SSSR count). The van der Waals surface area contributed by atoms with Crippen molar-refractivity contribution in [3.05, 3.63) is 59.3 Å². The predicted octanol–water partition coefficient (Wildman–Crippen LogP) is 3.57. The molecule has 1 N–H and O–H groups in total. The number of carbonyl (C=O) groups excluding carboxylic acids is 1. The number of furan rings is 1. The summed E-state index contributed by atoms with van der Waals surface area (Å²) < 4.78 is 24.5. The molecule has 1 aliphatic rings. The van der Waals surface area contributed by atoms with Gasteiger partial charge in [0.1, 0.15) is 17.7 Å². The largest absolute Gasteiger partial charge is 0.467 e. The molecule has 24 heavy (non-hydrogen) atoms. The molecule has 0 bridgehead atoms. The minimum Gasteiger partial charge on any atom is -0.467 e. The Hall–Kier alpha value is -2.34. The summed E-state index contributed by atoms with van der Waals surface area (Å²) in [5.41, 5.74) is 1.45. The molecule has 0 radical (unpaired) electrons. The first-order valence-corrected chi connectivity index (χ1v) is 8.01. The minimum atomic E-state index is -0.247. The molecule has 6 heteroatoms. The second-order valence-corrected chi connectivity index (χ2v) is 6.00. The van der Waals surface area contributed by atoms with Crippen LogP contribution in [-0.4, -0.2) is 30.6 Å². The highest BCUT2D eigenvalue weighted by Crippen LogP contribution is 2.24. The van der Waals surface area contributed by atoms with Gasteiger partial charge in [-0.05, 0) is 43.2 Å². The van der Waals surface area contributed by atoms with Crippen LogP contribution in [0.25, 0.3) is 0 Å². The third kappa shape index (κ3) is 3.59. The van der Waals surface area contributed by atoms with Gasteiger partial charge in [0.25, 0.3) is 0 Å². The molecule has 2 atom stereocenters. The number of halogens is 1. The normalized spacial score (nSPS) is 19.1. The molecule has 0 unspecified atom stereocenters. The van der Waals surface area contributed by atoms with Crippen LogP contribution in [0.4, 0.5) is 9.18 Å². The summed E-state index contributed by atoms with van der Waals surface area (Å²) in [4.78, 5) is 14.2. The Morgan fingerprint density at radius 3 is 2.96 bits per heavy atom. The van der Waals surface area contributed by atoms with E-state index in [2.05, 4.69) is 5.32 Å². The van der Waals surface area contributed by atoms with E-state index in [4.69, 9.17) is 9.15 Å². The number of ether oxygens (including phenoxy) is 1. The van der Waals surface area contributed by atoms with Crippen LogP contribution in [0.5, 0.6) is 0 Å². The van der Waals surface area contributed by atoms with Crippen molar-refractivity contribution in [2.45, 2.75) is 26.0 Å². The number of rotatable bonds is 3. The molecular weight excluding hydrogens is 311 g/mol. The Bertz CT molecular complexity index is 702. The average molecular weight is 332 g/mol. The van der Waals surface area contributed by atoms with Gasteiger partial charge in [0.15, 0.2) is 0 Å². The number of urea groups is 1. The van der Waals surface area contributed by atoms with E-state index in [9.17, 15) is 9.18 Å².